The smallest absolute Gasteiger partial charge is 0.322 e. The van der Waals surface area contributed by atoms with Crippen LogP contribution in [0.25, 0.3) is 0 Å². The first kappa shape index (κ1) is 18.2. The third-order valence-corrected chi connectivity index (χ3v) is 4.62. The van der Waals surface area contributed by atoms with E-state index >= 15 is 0 Å². The monoisotopic (exact) mass is 395 g/mol. The summed E-state index contributed by atoms with van der Waals surface area (Å²) in [4.78, 5) is 30.5. The molecule has 1 aliphatic rings. The molecule has 1 aromatic carbocycles. The normalized spacial score (nSPS) is 14.2. The first-order valence-corrected chi connectivity index (χ1v) is 8.56. The maximum absolute atomic E-state index is 12.4. The van der Waals surface area contributed by atoms with Crippen LogP contribution in [0.1, 0.15) is 0 Å². The van der Waals surface area contributed by atoms with Gasteiger partial charge >= 0.3 is 6.03 Å². The molecule has 0 saturated carbocycles. The van der Waals surface area contributed by atoms with Gasteiger partial charge in [0.1, 0.15) is 5.82 Å². The molecule has 1 aliphatic heterocycles. The van der Waals surface area contributed by atoms with E-state index in [0.717, 1.165) is 0 Å². The summed E-state index contributed by atoms with van der Waals surface area (Å²) in [6, 6.07) is 7.15. The number of rotatable bonds is 3. The average Bonchev–Trinajstić information content (AvgIpc) is 2.63. The van der Waals surface area contributed by atoms with Gasteiger partial charge in [0.15, 0.2) is 0 Å². The fraction of sp³-hybridized carbons (Fsp3) is 0.250. The van der Waals surface area contributed by atoms with Gasteiger partial charge in [0, 0.05) is 44.5 Å². The largest absolute Gasteiger partial charge is 0.352 e. The summed E-state index contributed by atoms with van der Waals surface area (Å²) in [5.74, 6) is 0.702. The minimum atomic E-state index is -0.542. The van der Waals surface area contributed by atoms with Crippen LogP contribution in [-0.2, 0) is 0 Å². The van der Waals surface area contributed by atoms with E-state index in [1.165, 1.54) is 18.2 Å². The summed E-state index contributed by atoms with van der Waals surface area (Å²) in [7, 11) is 0. The Morgan fingerprint density at radius 1 is 1.15 bits per heavy atom. The summed E-state index contributed by atoms with van der Waals surface area (Å²) in [6.07, 6.45) is 1.68. The lowest BCUT2D eigenvalue weighted by Gasteiger charge is -2.35. The standard InChI is InChI=1S/C16H15Cl2N5O3/c17-12-2-1-5-19-15(12)21-6-8-22(9-7-21)16(24)20-14-4-3-11(23(25)26)10-13(14)18/h1-5,10H,6-9H2,(H,20,24). The van der Waals surface area contributed by atoms with Crippen LogP contribution in [0.2, 0.25) is 10.0 Å². The van der Waals surface area contributed by atoms with Crippen LogP contribution >= 0.6 is 23.2 Å². The number of hydrogen-bond donors (Lipinski definition) is 1. The van der Waals surface area contributed by atoms with Crippen molar-refractivity contribution in [2.45, 2.75) is 0 Å². The van der Waals surface area contributed by atoms with Crippen molar-refractivity contribution in [3.05, 3.63) is 56.7 Å². The Bertz CT molecular complexity index is 840. The molecule has 26 heavy (non-hydrogen) atoms. The number of hydrogen-bond acceptors (Lipinski definition) is 5. The first-order valence-electron chi connectivity index (χ1n) is 7.81. The van der Waals surface area contributed by atoms with E-state index in [4.69, 9.17) is 23.2 Å². The first-order chi connectivity index (χ1) is 12.5. The zero-order chi connectivity index (χ0) is 18.7. The van der Waals surface area contributed by atoms with Gasteiger partial charge in [-0.05, 0) is 18.2 Å². The van der Waals surface area contributed by atoms with Gasteiger partial charge in [0.25, 0.3) is 5.69 Å². The van der Waals surface area contributed by atoms with Crippen molar-refractivity contribution in [2.24, 2.45) is 0 Å². The predicted molar refractivity (Wildman–Crippen MR) is 100 cm³/mol. The summed E-state index contributed by atoms with van der Waals surface area (Å²) in [6.45, 7) is 2.17. The van der Waals surface area contributed by atoms with Gasteiger partial charge in [0.05, 0.1) is 20.7 Å². The van der Waals surface area contributed by atoms with Gasteiger partial charge in [-0.25, -0.2) is 9.78 Å². The molecule has 0 bridgehead atoms. The molecule has 0 atom stereocenters. The van der Waals surface area contributed by atoms with E-state index in [-0.39, 0.29) is 16.7 Å². The van der Waals surface area contributed by atoms with Crippen molar-refractivity contribution in [3.8, 4) is 0 Å². The molecule has 0 unspecified atom stereocenters. The summed E-state index contributed by atoms with van der Waals surface area (Å²) in [5, 5.41) is 14.1. The number of nitro benzene ring substituents is 1. The van der Waals surface area contributed by atoms with Gasteiger partial charge in [-0.3, -0.25) is 10.1 Å². The Labute approximate surface area is 159 Å². The van der Waals surface area contributed by atoms with Crippen LogP contribution < -0.4 is 10.2 Å². The van der Waals surface area contributed by atoms with Gasteiger partial charge < -0.3 is 15.1 Å². The Morgan fingerprint density at radius 2 is 1.88 bits per heavy atom. The van der Waals surface area contributed by atoms with Gasteiger partial charge in [-0.15, -0.1) is 0 Å². The van der Waals surface area contributed by atoms with Crippen molar-refractivity contribution in [1.82, 2.24) is 9.88 Å². The summed E-state index contributed by atoms with van der Waals surface area (Å²) in [5.41, 5.74) is 0.200. The predicted octanol–water partition coefficient (Wildman–Crippen LogP) is 3.65. The van der Waals surface area contributed by atoms with E-state index in [0.29, 0.717) is 42.7 Å². The number of benzene rings is 1. The second kappa shape index (κ2) is 7.76. The third-order valence-electron chi connectivity index (χ3n) is 4.01. The lowest BCUT2D eigenvalue weighted by molar-refractivity contribution is -0.384. The number of piperazine rings is 1. The van der Waals surface area contributed by atoms with Crippen molar-refractivity contribution in [1.29, 1.82) is 0 Å². The number of carbonyl (C=O) groups is 1. The molecule has 1 N–H and O–H groups in total. The fourth-order valence-corrected chi connectivity index (χ4v) is 3.11. The van der Waals surface area contributed by atoms with E-state index in [9.17, 15) is 14.9 Å². The SMILES string of the molecule is O=C(Nc1ccc([N+](=O)[O-])cc1Cl)N1CCN(c2ncccc2Cl)CC1. The lowest BCUT2D eigenvalue weighted by Crippen LogP contribution is -2.50. The van der Waals surface area contributed by atoms with E-state index < -0.39 is 4.92 Å². The summed E-state index contributed by atoms with van der Waals surface area (Å²) < 4.78 is 0. The molecule has 2 aromatic rings. The van der Waals surface area contributed by atoms with Crippen molar-refractivity contribution < 1.29 is 9.72 Å². The second-order valence-electron chi connectivity index (χ2n) is 5.63. The molecule has 0 radical (unpaired) electrons. The Hall–Kier alpha value is -2.58. The highest BCUT2D eigenvalue weighted by atomic mass is 35.5. The highest BCUT2D eigenvalue weighted by molar-refractivity contribution is 6.34. The molecular formula is C16H15Cl2N5O3. The number of nitro groups is 1. The van der Waals surface area contributed by atoms with E-state index in [1.54, 1.807) is 23.2 Å². The number of nitrogens with zero attached hydrogens (tertiary/aromatic N) is 4. The third kappa shape index (κ3) is 3.97. The topological polar surface area (TPSA) is 91.6 Å². The van der Waals surface area contributed by atoms with Crippen molar-refractivity contribution in [2.75, 3.05) is 36.4 Å². The second-order valence-corrected chi connectivity index (χ2v) is 6.45. The summed E-state index contributed by atoms with van der Waals surface area (Å²) >= 11 is 12.2. The van der Waals surface area contributed by atoms with Crippen LogP contribution in [0.3, 0.4) is 0 Å². The zero-order valence-corrected chi connectivity index (χ0v) is 15.1. The Kier molecular flexibility index (Phi) is 5.43. The number of nitrogens with one attached hydrogen (secondary N) is 1. The van der Waals surface area contributed by atoms with Gasteiger partial charge in [0.2, 0.25) is 0 Å². The Morgan fingerprint density at radius 3 is 2.50 bits per heavy atom. The van der Waals surface area contributed by atoms with E-state index in [1.807, 2.05) is 4.90 Å². The molecule has 2 amide bonds. The minimum absolute atomic E-state index is 0.117. The number of anilines is 2. The maximum atomic E-state index is 12.4. The van der Waals surface area contributed by atoms with E-state index in [2.05, 4.69) is 10.3 Å². The highest BCUT2D eigenvalue weighted by Gasteiger charge is 2.23. The van der Waals surface area contributed by atoms with Crippen LogP contribution in [-0.4, -0.2) is 47.0 Å². The molecule has 2 heterocycles. The number of urea groups is 1. The highest BCUT2D eigenvalue weighted by Crippen LogP contribution is 2.27. The molecule has 136 valence electrons. The number of amides is 2. The molecular weight excluding hydrogens is 381 g/mol. The van der Waals surface area contributed by atoms with Crippen LogP contribution in [0.4, 0.5) is 22.0 Å². The number of aromatic nitrogens is 1. The number of halogens is 2. The molecule has 0 aliphatic carbocycles. The van der Waals surface area contributed by atoms with Crippen molar-refractivity contribution >= 4 is 46.4 Å². The van der Waals surface area contributed by atoms with Crippen LogP contribution in [0.15, 0.2) is 36.5 Å². The molecule has 1 saturated heterocycles. The van der Waals surface area contributed by atoms with Gasteiger partial charge in [-0.1, -0.05) is 23.2 Å². The van der Waals surface area contributed by atoms with Crippen molar-refractivity contribution in [3.63, 3.8) is 0 Å². The number of pyridine rings is 1. The molecule has 3 rings (SSSR count). The minimum Gasteiger partial charge on any atom is -0.352 e. The number of non-ortho nitro benzene ring substituents is 1. The molecule has 1 aromatic heterocycles. The molecule has 10 heteroatoms. The molecule has 8 nitrogen and oxygen atoms in total. The fourth-order valence-electron chi connectivity index (χ4n) is 2.64. The number of carbonyl (C=O) groups excluding carboxylic acids is 1. The van der Waals surface area contributed by atoms with Gasteiger partial charge in [-0.2, -0.15) is 0 Å². The Balaban J connectivity index is 1.61. The maximum Gasteiger partial charge on any atom is 0.322 e. The van der Waals surface area contributed by atoms with Crippen LogP contribution in [0.5, 0.6) is 0 Å². The zero-order valence-electron chi connectivity index (χ0n) is 13.6. The molecule has 0 spiro atoms. The molecule has 1 fully saturated rings. The quantitative estimate of drug-likeness (QED) is 0.632. The lowest BCUT2D eigenvalue weighted by atomic mass is 10.2. The average molecular weight is 396 g/mol. The van der Waals surface area contributed by atoms with Crippen LogP contribution in [0, 0.1) is 10.1 Å².